The summed E-state index contributed by atoms with van der Waals surface area (Å²) in [4.78, 5) is 24.3. The molecular weight excluding hydrogens is 369 g/mol. The number of carbonyl (C=O) groups excluding carboxylic acids is 1. The molecule has 0 spiro atoms. The molecule has 24 heavy (non-hydrogen) atoms. The third-order valence-corrected chi connectivity index (χ3v) is 4.59. The maximum Gasteiger partial charge on any atom is 0.243 e. The van der Waals surface area contributed by atoms with Crippen molar-refractivity contribution in [1.82, 2.24) is 25.6 Å². The molecule has 0 radical (unpaired) electrons. The highest BCUT2D eigenvalue weighted by atomic mass is 35.5. The summed E-state index contributed by atoms with van der Waals surface area (Å²) in [5.74, 6) is -0.0550. The highest BCUT2D eigenvalue weighted by molar-refractivity contribution is 7.09. The molecule has 3 N–H and O–H groups in total. The number of rotatable bonds is 3. The van der Waals surface area contributed by atoms with Crippen LogP contribution in [0, 0.1) is 0 Å². The molecule has 0 fully saturated rings. The Morgan fingerprint density at radius 2 is 2.17 bits per heavy atom. The van der Waals surface area contributed by atoms with Crippen molar-refractivity contribution in [2.24, 2.45) is 0 Å². The third kappa shape index (κ3) is 4.47. The zero-order valence-corrected chi connectivity index (χ0v) is 16.3. The Balaban J connectivity index is 0.00000144. The fourth-order valence-electron chi connectivity index (χ4n) is 2.44. The smallest absolute Gasteiger partial charge is 0.243 e. The average Bonchev–Trinajstić information content (AvgIpc) is 3.12. The van der Waals surface area contributed by atoms with Gasteiger partial charge in [-0.15, -0.1) is 36.2 Å². The number of hydrogen-bond donors (Lipinski definition) is 3. The van der Waals surface area contributed by atoms with E-state index in [9.17, 15) is 4.79 Å². The molecule has 1 amide bonds. The first-order chi connectivity index (χ1) is 10.4. The Bertz CT molecular complexity index is 679. The number of aromatic nitrogens is 3. The summed E-state index contributed by atoms with van der Waals surface area (Å²) < 4.78 is 0. The molecule has 1 unspecified atom stereocenters. The normalized spacial score (nSPS) is 16.5. The summed E-state index contributed by atoms with van der Waals surface area (Å²) in [7, 11) is 0. The first kappa shape index (κ1) is 20.9. The SMILES string of the molecule is CC(C)(C)c1csc(CNC(=O)C2NCCc3[nH]cnc32)n1.Cl.Cl. The van der Waals surface area contributed by atoms with Crippen LogP contribution in [0.2, 0.25) is 0 Å². The predicted octanol–water partition coefficient (Wildman–Crippen LogP) is 2.51. The molecule has 6 nitrogen and oxygen atoms in total. The summed E-state index contributed by atoms with van der Waals surface area (Å²) in [5.41, 5.74) is 2.95. The highest BCUT2D eigenvalue weighted by Crippen LogP contribution is 2.24. The number of thiazole rings is 1. The van der Waals surface area contributed by atoms with Crippen molar-refractivity contribution in [2.75, 3.05) is 6.54 Å². The van der Waals surface area contributed by atoms with Gasteiger partial charge in [-0.1, -0.05) is 20.8 Å². The van der Waals surface area contributed by atoms with Gasteiger partial charge in [0.25, 0.3) is 0 Å². The van der Waals surface area contributed by atoms with Gasteiger partial charge in [-0.25, -0.2) is 9.97 Å². The second kappa shape index (κ2) is 8.29. The average molecular weight is 392 g/mol. The molecule has 3 heterocycles. The maximum atomic E-state index is 12.4. The largest absolute Gasteiger partial charge is 0.348 e. The lowest BCUT2D eigenvalue weighted by Gasteiger charge is -2.21. The number of fused-ring (bicyclic) bond motifs is 1. The van der Waals surface area contributed by atoms with Crippen molar-refractivity contribution in [3.05, 3.63) is 33.8 Å². The number of nitrogens with zero attached hydrogens (tertiary/aromatic N) is 2. The van der Waals surface area contributed by atoms with Gasteiger partial charge in [0.2, 0.25) is 5.91 Å². The third-order valence-electron chi connectivity index (χ3n) is 3.74. The van der Waals surface area contributed by atoms with Crippen molar-refractivity contribution >= 4 is 42.1 Å². The van der Waals surface area contributed by atoms with Crippen LogP contribution in [-0.4, -0.2) is 27.4 Å². The van der Waals surface area contributed by atoms with E-state index in [1.54, 1.807) is 17.7 Å². The number of imidazole rings is 1. The van der Waals surface area contributed by atoms with E-state index < -0.39 is 0 Å². The van der Waals surface area contributed by atoms with E-state index in [4.69, 9.17) is 0 Å². The number of aromatic amines is 1. The Morgan fingerprint density at radius 1 is 1.42 bits per heavy atom. The van der Waals surface area contributed by atoms with E-state index in [-0.39, 0.29) is 42.2 Å². The van der Waals surface area contributed by atoms with Crippen molar-refractivity contribution < 1.29 is 4.79 Å². The summed E-state index contributed by atoms with van der Waals surface area (Å²) in [5, 5.41) is 9.16. The van der Waals surface area contributed by atoms with Crippen molar-refractivity contribution in [3.63, 3.8) is 0 Å². The fraction of sp³-hybridized carbons (Fsp3) is 0.533. The van der Waals surface area contributed by atoms with Gasteiger partial charge in [-0.3, -0.25) is 4.79 Å². The van der Waals surface area contributed by atoms with E-state index >= 15 is 0 Å². The topological polar surface area (TPSA) is 82.7 Å². The highest BCUT2D eigenvalue weighted by Gasteiger charge is 2.28. The zero-order valence-electron chi connectivity index (χ0n) is 13.9. The van der Waals surface area contributed by atoms with E-state index in [2.05, 4.69) is 51.7 Å². The van der Waals surface area contributed by atoms with E-state index in [1.807, 2.05) is 0 Å². The molecule has 1 atom stereocenters. The van der Waals surface area contributed by atoms with Crippen LogP contribution in [0.4, 0.5) is 0 Å². The molecule has 134 valence electrons. The molecule has 1 aliphatic rings. The number of halogens is 2. The van der Waals surface area contributed by atoms with Crippen molar-refractivity contribution in [2.45, 2.75) is 45.2 Å². The van der Waals surface area contributed by atoms with Gasteiger partial charge in [0, 0.05) is 29.5 Å². The predicted molar refractivity (Wildman–Crippen MR) is 100 cm³/mol. The Labute approximate surface area is 158 Å². The Kier molecular flexibility index (Phi) is 7.22. The van der Waals surface area contributed by atoms with Crippen molar-refractivity contribution in [3.8, 4) is 0 Å². The lowest BCUT2D eigenvalue weighted by molar-refractivity contribution is -0.123. The minimum atomic E-state index is -0.378. The summed E-state index contributed by atoms with van der Waals surface area (Å²) in [6.45, 7) is 7.64. The van der Waals surface area contributed by atoms with Crippen LogP contribution in [0.25, 0.3) is 0 Å². The molecule has 3 rings (SSSR count). The lowest BCUT2D eigenvalue weighted by atomic mass is 9.93. The molecule has 0 bridgehead atoms. The van der Waals surface area contributed by atoms with Crippen LogP contribution >= 0.6 is 36.2 Å². The van der Waals surface area contributed by atoms with Gasteiger partial charge < -0.3 is 15.6 Å². The molecule has 2 aromatic heterocycles. The molecule has 0 saturated carbocycles. The van der Waals surface area contributed by atoms with Gasteiger partial charge in [-0.2, -0.15) is 0 Å². The maximum absolute atomic E-state index is 12.4. The first-order valence-corrected chi connectivity index (χ1v) is 8.31. The van der Waals surface area contributed by atoms with Crippen LogP contribution in [0.5, 0.6) is 0 Å². The standard InChI is InChI=1S/C15H21N5OS.2ClH/c1-15(2,3)10-7-22-11(20-10)6-17-14(21)13-12-9(4-5-16-13)18-8-19-12;;/h7-8,13,16H,4-6H2,1-3H3,(H,17,21)(H,18,19);2*1H. The van der Waals surface area contributed by atoms with Crippen LogP contribution in [0.15, 0.2) is 11.7 Å². The quantitative estimate of drug-likeness (QED) is 0.750. The van der Waals surface area contributed by atoms with Crippen LogP contribution in [-0.2, 0) is 23.2 Å². The molecule has 9 heteroatoms. The molecule has 0 aliphatic carbocycles. The number of H-pyrrole nitrogens is 1. The minimum Gasteiger partial charge on any atom is -0.348 e. The number of amides is 1. The zero-order chi connectivity index (χ0) is 15.7. The molecule has 1 aliphatic heterocycles. The van der Waals surface area contributed by atoms with Crippen molar-refractivity contribution in [1.29, 1.82) is 0 Å². The van der Waals surface area contributed by atoms with Gasteiger partial charge in [0.05, 0.1) is 24.3 Å². The molecule has 2 aromatic rings. The first-order valence-electron chi connectivity index (χ1n) is 7.43. The van der Waals surface area contributed by atoms with Crippen LogP contribution < -0.4 is 10.6 Å². The molecular formula is C15H23Cl2N5OS. The van der Waals surface area contributed by atoms with Crippen LogP contribution in [0.1, 0.15) is 48.9 Å². The summed E-state index contributed by atoms with van der Waals surface area (Å²) >= 11 is 1.58. The van der Waals surface area contributed by atoms with E-state index in [0.29, 0.717) is 6.54 Å². The Hall–Kier alpha value is -1.15. The van der Waals surface area contributed by atoms with E-state index in [1.165, 1.54) is 0 Å². The van der Waals surface area contributed by atoms with E-state index in [0.717, 1.165) is 35.1 Å². The van der Waals surface area contributed by atoms with Gasteiger partial charge >= 0.3 is 0 Å². The second-order valence-corrected chi connectivity index (χ2v) is 7.44. The lowest BCUT2D eigenvalue weighted by Crippen LogP contribution is -2.41. The Morgan fingerprint density at radius 3 is 2.83 bits per heavy atom. The van der Waals surface area contributed by atoms with Gasteiger partial charge in [0.1, 0.15) is 11.0 Å². The summed E-state index contributed by atoms with van der Waals surface area (Å²) in [6.07, 6.45) is 2.52. The number of nitrogens with one attached hydrogen (secondary N) is 3. The van der Waals surface area contributed by atoms with Crippen LogP contribution in [0.3, 0.4) is 0 Å². The second-order valence-electron chi connectivity index (χ2n) is 6.50. The minimum absolute atomic E-state index is 0. The fourth-order valence-corrected chi connectivity index (χ4v) is 3.40. The number of carbonyl (C=O) groups is 1. The number of hydrogen-bond acceptors (Lipinski definition) is 5. The monoisotopic (exact) mass is 391 g/mol. The molecule has 0 aromatic carbocycles. The van der Waals surface area contributed by atoms with Gasteiger partial charge in [0.15, 0.2) is 0 Å². The summed E-state index contributed by atoms with van der Waals surface area (Å²) in [6, 6.07) is -0.378. The van der Waals surface area contributed by atoms with Gasteiger partial charge in [-0.05, 0) is 0 Å². The molecule has 0 saturated heterocycles.